The van der Waals surface area contributed by atoms with E-state index in [2.05, 4.69) is 264 Å². The Kier molecular flexibility index (Phi) is 9.04. The first-order valence-corrected chi connectivity index (χ1v) is 26.8. The Labute approximate surface area is 418 Å². The van der Waals surface area contributed by atoms with Crippen molar-refractivity contribution in [2.24, 2.45) is 0 Å². The molecule has 72 heavy (non-hydrogen) atoms. The van der Waals surface area contributed by atoms with Crippen molar-refractivity contribution in [1.29, 1.82) is 0 Å². The van der Waals surface area contributed by atoms with Gasteiger partial charge in [0.1, 0.15) is 23.0 Å². The van der Waals surface area contributed by atoms with Gasteiger partial charge in [0.2, 0.25) is 0 Å². The van der Waals surface area contributed by atoms with Gasteiger partial charge in [-0.25, -0.2) is 0 Å². The lowest BCUT2D eigenvalue weighted by Gasteiger charge is -2.35. The molecule has 0 amide bonds. The molecule has 0 saturated heterocycles. The number of para-hydroxylation sites is 3. The van der Waals surface area contributed by atoms with Crippen LogP contribution in [0.1, 0.15) is 0 Å². The summed E-state index contributed by atoms with van der Waals surface area (Å²) in [5, 5.41) is 10.3. The van der Waals surface area contributed by atoms with Crippen molar-refractivity contribution in [2.75, 3.05) is 0 Å². The van der Waals surface area contributed by atoms with Gasteiger partial charge in [-0.2, -0.15) is 0 Å². The molecule has 0 radical (unpaired) electrons. The van der Waals surface area contributed by atoms with Crippen LogP contribution in [0.4, 0.5) is 0 Å². The molecule has 4 nitrogen and oxygen atoms in total. The van der Waals surface area contributed by atoms with Gasteiger partial charge in [0.05, 0.1) is 22.1 Å². The van der Waals surface area contributed by atoms with Crippen molar-refractivity contribution in [1.82, 2.24) is 9.13 Å². The minimum Gasteiger partial charge on any atom is -0.458 e. The quantitative estimate of drug-likeness (QED) is 0.118. The predicted octanol–water partition coefficient (Wildman–Crippen LogP) is 11.7. The first-order valence-electron chi connectivity index (χ1n) is 24.8. The second kappa shape index (κ2) is 16.0. The number of ether oxygens (including phenoxy) is 2. The third kappa shape index (κ3) is 6.00. The van der Waals surface area contributed by atoms with Crippen LogP contribution in [0.2, 0.25) is 0 Å². The molecule has 0 aliphatic carbocycles. The molecule has 336 valence electrons. The summed E-state index contributed by atoms with van der Waals surface area (Å²) < 4.78 is 18.6. The van der Waals surface area contributed by atoms with E-state index in [4.69, 9.17) is 9.47 Å². The number of hydrogen-bond donors (Lipinski definition) is 0. The normalized spacial score (nSPS) is 12.6. The summed E-state index contributed by atoms with van der Waals surface area (Å²) in [7, 11) is -2.75. The maximum atomic E-state index is 6.98. The van der Waals surface area contributed by atoms with Crippen LogP contribution in [0.5, 0.6) is 23.0 Å². The van der Waals surface area contributed by atoms with Crippen molar-refractivity contribution in [3.05, 3.63) is 261 Å². The zero-order chi connectivity index (χ0) is 47.3. The third-order valence-electron chi connectivity index (χ3n) is 15.4. The van der Waals surface area contributed by atoms with Crippen molar-refractivity contribution < 1.29 is 9.47 Å². The van der Waals surface area contributed by atoms with Crippen LogP contribution in [0.3, 0.4) is 0 Å². The smallest absolute Gasteiger partial charge is 0.260 e. The molecule has 0 saturated carbocycles. The van der Waals surface area contributed by atoms with Crippen molar-refractivity contribution >= 4 is 95.5 Å². The van der Waals surface area contributed by atoms with Gasteiger partial charge in [-0.05, 0) is 103 Å². The van der Waals surface area contributed by atoms with Crippen molar-refractivity contribution in [3.63, 3.8) is 0 Å². The van der Waals surface area contributed by atoms with Crippen LogP contribution in [0.15, 0.2) is 261 Å². The lowest BCUT2D eigenvalue weighted by atomic mass is 9.34. The van der Waals surface area contributed by atoms with Gasteiger partial charge in [-0.1, -0.05) is 194 Å². The monoisotopic (exact) mass is 934 g/mol. The molecular weight excluding hydrogens is 892 g/mol. The second-order valence-electron chi connectivity index (χ2n) is 19.1. The summed E-state index contributed by atoms with van der Waals surface area (Å²) >= 11 is 0. The van der Waals surface area contributed by atoms with Gasteiger partial charge in [0.15, 0.2) is 8.07 Å². The molecule has 4 heterocycles. The molecule has 0 atom stereocenters. The highest BCUT2D eigenvalue weighted by Gasteiger charge is 2.43. The molecule has 13 aromatic rings. The Morgan fingerprint density at radius 3 is 1.40 bits per heavy atom. The molecule has 2 aliphatic heterocycles. The van der Waals surface area contributed by atoms with E-state index in [1.807, 2.05) is 6.07 Å². The van der Waals surface area contributed by atoms with Crippen molar-refractivity contribution in [3.8, 4) is 45.5 Å². The Morgan fingerprint density at radius 2 is 0.792 bits per heavy atom. The number of nitrogens with zero attached hydrogens (tertiary/aromatic N) is 2. The summed E-state index contributed by atoms with van der Waals surface area (Å²) in [6.45, 7) is -0.103. The number of benzene rings is 11. The highest BCUT2D eigenvalue weighted by atomic mass is 28.3. The summed E-state index contributed by atoms with van der Waals surface area (Å²) in [6, 6.07) is 95.5. The van der Waals surface area contributed by atoms with E-state index in [1.165, 1.54) is 58.9 Å². The zero-order valence-corrected chi connectivity index (χ0v) is 40.1. The van der Waals surface area contributed by atoms with E-state index in [-0.39, 0.29) is 6.71 Å². The molecule has 0 fully saturated rings. The van der Waals surface area contributed by atoms with Gasteiger partial charge in [0, 0.05) is 44.4 Å². The number of rotatable bonds is 7. The van der Waals surface area contributed by atoms with Gasteiger partial charge in [0.25, 0.3) is 6.71 Å². The van der Waals surface area contributed by atoms with E-state index in [0.717, 1.165) is 67.4 Å². The van der Waals surface area contributed by atoms with E-state index in [9.17, 15) is 0 Å². The van der Waals surface area contributed by atoms with Crippen LogP contribution in [0.25, 0.3) is 66.1 Å². The van der Waals surface area contributed by atoms with Gasteiger partial charge in [-0.3, -0.25) is 0 Å². The number of fused-ring (bicyclic) bond motifs is 10. The molecule has 0 N–H and O–H groups in total. The van der Waals surface area contributed by atoms with Crippen LogP contribution in [-0.4, -0.2) is 23.9 Å². The zero-order valence-electron chi connectivity index (χ0n) is 39.1. The predicted molar refractivity (Wildman–Crippen MR) is 302 cm³/mol. The second-order valence-corrected chi connectivity index (χ2v) is 22.9. The SMILES string of the molecule is c1ccc(-n2c3ccccc3c3cc4c(cc32)c2ccccc2n4-c2ccc3c(c2)Oc2cccc4c2B3c2cc(-c3cccc([Si](c5ccccc5)(c5ccccc5)c5ccccc5)c3)ccc2O4)cc1. The molecule has 11 aromatic carbocycles. The standard InChI is InChI=1S/C66H43BN2O2Si/c1-5-20-46(21-6-1)68-58-31-15-13-29-52(58)54-43-61-55(42-60(54)68)53-30-14-16-32-59(53)69(61)47-36-37-56-65(41-47)71-64-34-18-33-63-66(64)67(56)57-40-45(35-38-62(57)70-63)44-19-17-28-51(39-44)72(48-22-7-2-8-23-48,49-24-9-3-10-25-49)50-26-11-4-12-27-50/h1-43H. The highest BCUT2D eigenvalue weighted by molar-refractivity contribution is 7.20. The minimum absolute atomic E-state index is 0.103. The van der Waals surface area contributed by atoms with Crippen LogP contribution >= 0.6 is 0 Å². The summed E-state index contributed by atoms with van der Waals surface area (Å²) in [5.41, 5.74) is 12.5. The fraction of sp³-hybridized carbons (Fsp3) is 0. The van der Waals surface area contributed by atoms with Crippen LogP contribution < -0.4 is 46.6 Å². The van der Waals surface area contributed by atoms with Crippen LogP contribution in [0, 0.1) is 0 Å². The van der Waals surface area contributed by atoms with E-state index >= 15 is 0 Å². The fourth-order valence-electron chi connectivity index (χ4n) is 12.3. The lowest BCUT2D eigenvalue weighted by Crippen LogP contribution is -2.74. The average molecular weight is 935 g/mol. The van der Waals surface area contributed by atoms with Gasteiger partial charge >= 0.3 is 0 Å². The van der Waals surface area contributed by atoms with Gasteiger partial charge in [-0.15, -0.1) is 0 Å². The van der Waals surface area contributed by atoms with E-state index < -0.39 is 8.07 Å². The Bertz CT molecular complexity index is 4190. The molecule has 15 rings (SSSR count). The topological polar surface area (TPSA) is 28.3 Å². The molecule has 0 unspecified atom stereocenters. The largest absolute Gasteiger partial charge is 0.458 e. The van der Waals surface area contributed by atoms with Crippen LogP contribution in [-0.2, 0) is 0 Å². The number of aromatic nitrogens is 2. The van der Waals surface area contributed by atoms with E-state index in [1.54, 1.807) is 0 Å². The molecule has 2 aliphatic rings. The number of hydrogen-bond acceptors (Lipinski definition) is 2. The van der Waals surface area contributed by atoms with Crippen molar-refractivity contribution in [2.45, 2.75) is 0 Å². The molecule has 2 aromatic heterocycles. The third-order valence-corrected chi connectivity index (χ3v) is 20.1. The maximum Gasteiger partial charge on any atom is 0.260 e. The molecule has 0 bridgehead atoms. The molecular formula is C66H43BN2O2Si. The van der Waals surface area contributed by atoms with Gasteiger partial charge < -0.3 is 18.6 Å². The lowest BCUT2D eigenvalue weighted by molar-refractivity contribution is 0.464. The average Bonchev–Trinajstić information content (AvgIpc) is 3.95. The maximum absolute atomic E-state index is 6.98. The summed E-state index contributed by atoms with van der Waals surface area (Å²) in [5.74, 6) is 3.37. The summed E-state index contributed by atoms with van der Waals surface area (Å²) in [4.78, 5) is 0. The fourth-order valence-corrected chi connectivity index (χ4v) is 17.1. The molecule has 6 heteroatoms. The van der Waals surface area contributed by atoms with E-state index in [0.29, 0.717) is 0 Å². The highest BCUT2D eigenvalue weighted by Crippen LogP contribution is 2.41. The first-order chi connectivity index (χ1) is 35.7. The molecule has 0 spiro atoms. The Hall–Kier alpha value is -9.10. The Balaban J connectivity index is 0.887. The minimum atomic E-state index is -2.75. The first kappa shape index (κ1) is 40.8. The summed E-state index contributed by atoms with van der Waals surface area (Å²) in [6.07, 6.45) is 0. The Morgan fingerprint density at radius 1 is 0.292 bits per heavy atom.